The highest BCUT2D eigenvalue weighted by Gasteiger charge is 2.23. The Balaban J connectivity index is 1.88. The van der Waals surface area contributed by atoms with E-state index in [0.717, 1.165) is 11.1 Å². The molecule has 0 fully saturated rings. The molecule has 0 spiro atoms. The van der Waals surface area contributed by atoms with Crippen LogP contribution in [0.4, 0.5) is 5.82 Å². The van der Waals surface area contributed by atoms with Crippen LogP contribution in [0.15, 0.2) is 53.6 Å². The topological polar surface area (TPSA) is 107 Å². The normalized spacial score (nSPS) is 11.5. The zero-order chi connectivity index (χ0) is 21.1. The van der Waals surface area contributed by atoms with Crippen molar-refractivity contribution in [1.29, 1.82) is 0 Å². The Morgan fingerprint density at radius 3 is 2.60 bits per heavy atom. The van der Waals surface area contributed by atoms with E-state index in [-0.39, 0.29) is 17.3 Å². The molecule has 0 radical (unpaired) electrons. The summed E-state index contributed by atoms with van der Waals surface area (Å²) in [6, 6.07) is 15.3. The van der Waals surface area contributed by atoms with E-state index in [1.807, 2.05) is 55.5 Å². The summed E-state index contributed by atoms with van der Waals surface area (Å²) >= 11 is 0. The molecule has 2 aromatic heterocycles. The average molecular weight is 402 g/mol. The maximum Gasteiger partial charge on any atom is 0.257 e. The van der Waals surface area contributed by atoms with E-state index in [9.17, 15) is 4.79 Å². The number of carbonyl (C=O) groups excluding carboxylic acids is 1. The van der Waals surface area contributed by atoms with Crippen molar-refractivity contribution in [2.24, 2.45) is 5.10 Å². The van der Waals surface area contributed by atoms with Crippen LogP contribution in [-0.4, -0.2) is 47.0 Å². The van der Waals surface area contributed by atoms with Gasteiger partial charge in [0.05, 0.1) is 23.9 Å². The lowest BCUT2D eigenvalue weighted by Gasteiger charge is -2.04. The molecular formula is C22H22N6O2. The number of anilines is 1. The molecule has 152 valence electrons. The van der Waals surface area contributed by atoms with Crippen LogP contribution < -0.4 is 11.1 Å². The number of aromatic nitrogens is 3. The van der Waals surface area contributed by atoms with Crippen LogP contribution in [-0.2, 0) is 4.74 Å². The number of fused-ring (bicyclic) bond motifs is 2. The van der Waals surface area contributed by atoms with E-state index >= 15 is 0 Å². The molecule has 0 bridgehead atoms. The molecule has 0 atom stereocenters. The van der Waals surface area contributed by atoms with Crippen molar-refractivity contribution < 1.29 is 9.53 Å². The fourth-order valence-electron chi connectivity index (χ4n) is 3.19. The first-order valence-corrected chi connectivity index (χ1v) is 9.54. The molecule has 2 heterocycles. The van der Waals surface area contributed by atoms with E-state index < -0.39 is 0 Å². The number of benzene rings is 2. The third kappa shape index (κ3) is 3.60. The van der Waals surface area contributed by atoms with Crippen LogP contribution in [0.2, 0.25) is 0 Å². The fourth-order valence-corrected chi connectivity index (χ4v) is 3.19. The Kier molecular flexibility index (Phi) is 5.40. The van der Waals surface area contributed by atoms with Crippen molar-refractivity contribution in [2.75, 3.05) is 26.0 Å². The number of nitrogens with two attached hydrogens (primary N) is 1. The number of aryl methyl sites for hydroxylation is 1. The quantitative estimate of drug-likeness (QED) is 0.381. The number of nitrogens with zero attached hydrogens (tertiary/aromatic N) is 4. The van der Waals surface area contributed by atoms with Crippen LogP contribution in [0.3, 0.4) is 0 Å². The number of nitrogens with one attached hydrogen (secondary N) is 1. The van der Waals surface area contributed by atoms with Gasteiger partial charge in [-0.15, -0.1) is 0 Å². The molecule has 0 saturated heterocycles. The molecule has 0 aliphatic carbocycles. The van der Waals surface area contributed by atoms with Crippen molar-refractivity contribution in [3.63, 3.8) is 0 Å². The van der Waals surface area contributed by atoms with Crippen LogP contribution in [0.1, 0.15) is 21.5 Å². The summed E-state index contributed by atoms with van der Waals surface area (Å²) in [5.41, 5.74) is 10.8. The minimum Gasteiger partial charge on any atom is -0.383 e. The number of amides is 1. The molecule has 0 unspecified atom stereocenters. The van der Waals surface area contributed by atoms with E-state index in [2.05, 4.69) is 20.4 Å². The number of nitrogen functional groups attached to an aromatic ring is 1. The molecule has 3 N–H and O–H groups in total. The van der Waals surface area contributed by atoms with Crippen LogP contribution in [0, 0.1) is 6.92 Å². The number of methoxy groups -OCH3 is 1. The lowest BCUT2D eigenvalue weighted by atomic mass is 10.1. The minimum absolute atomic E-state index is 0.181. The molecule has 1 amide bonds. The van der Waals surface area contributed by atoms with E-state index in [1.54, 1.807) is 13.3 Å². The lowest BCUT2D eigenvalue weighted by Crippen LogP contribution is -2.27. The summed E-state index contributed by atoms with van der Waals surface area (Å²) in [4.78, 5) is 22.2. The molecule has 4 aromatic rings. The molecule has 8 nitrogen and oxygen atoms in total. The second kappa shape index (κ2) is 8.30. The van der Waals surface area contributed by atoms with Gasteiger partial charge in [0.1, 0.15) is 16.9 Å². The number of carbonyl (C=O) groups is 1. The van der Waals surface area contributed by atoms with Gasteiger partial charge >= 0.3 is 0 Å². The van der Waals surface area contributed by atoms with Gasteiger partial charge in [-0.05, 0) is 30.2 Å². The van der Waals surface area contributed by atoms with Gasteiger partial charge in [-0.25, -0.2) is 9.97 Å². The van der Waals surface area contributed by atoms with Gasteiger partial charge in [-0.3, -0.25) is 4.79 Å². The predicted octanol–water partition coefficient (Wildman–Crippen LogP) is 2.73. The Bertz CT molecular complexity index is 1260. The summed E-state index contributed by atoms with van der Waals surface area (Å²) in [5, 5.41) is 7.33. The highest BCUT2D eigenvalue weighted by Crippen LogP contribution is 2.27. The van der Waals surface area contributed by atoms with Crippen LogP contribution in [0.5, 0.6) is 0 Å². The van der Waals surface area contributed by atoms with Gasteiger partial charge in [0, 0.05) is 13.7 Å². The number of para-hydroxylation sites is 2. The molecule has 0 aliphatic heterocycles. The smallest absolute Gasteiger partial charge is 0.257 e. The second-order valence-corrected chi connectivity index (χ2v) is 6.81. The second-order valence-electron chi connectivity index (χ2n) is 6.81. The van der Waals surface area contributed by atoms with E-state index in [0.29, 0.717) is 35.3 Å². The maximum absolute atomic E-state index is 12.9. The van der Waals surface area contributed by atoms with Crippen molar-refractivity contribution in [3.05, 3.63) is 65.2 Å². The molecule has 0 saturated carbocycles. The Morgan fingerprint density at radius 2 is 1.87 bits per heavy atom. The monoisotopic (exact) mass is 402 g/mol. The van der Waals surface area contributed by atoms with Gasteiger partial charge in [-0.2, -0.15) is 9.78 Å². The SMILES string of the molecule is COCCNC(=O)c1c(N)n(/N=C\c2ccccc2C)c2nc3ccccc3nc12. The first-order chi connectivity index (χ1) is 14.6. The van der Waals surface area contributed by atoms with E-state index in [4.69, 9.17) is 10.5 Å². The minimum atomic E-state index is -0.344. The van der Waals surface area contributed by atoms with Crippen molar-refractivity contribution in [2.45, 2.75) is 6.92 Å². The van der Waals surface area contributed by atoms with Gasteiger partial charge in [0.25, 0.3) is 5.91 Å². The third-order valence-corrected chi connectivity index (χ3v) is 4.79. The summed E-state index contributed by atoms with van der Waals surface area (Å²) in [7, 11) is 1.57. The van der Waals surface area contributed by atoms with Crippen molar-refractivity contribution >= 4 is 40.1 Å². The number of rotatable bonds is 6. The molecule has 30 heavy (non-hydrogen) atoms. The fraction of sp³-hybridized carbons (Fsp3) is 0.182. The van der Waals surface area contributed by atoms with Gasteiger partial charge in [0.15, 0.2) is 5.65 Å². The standard InChI is InChI=1S/C22H22N6O2/c1-14-7-3-4-8-15(14)13-25-28-20(23)18(22(29)24-11-12-30-2)19-21(28)27-17-10-6-5-9-16(17)26-19/h3-10,13H,11-12,23H2,1-2H3,(H,24,29)/b25-13-. The average Bonchev–Trinajstić information content (AvgIpc) is 3.02. The predicted molar refractivity (Wildman–Crippen MR) is 118 cm³/mol. The maximum atomic E-state index is 12.9. The highest BCUT2D eigenvalue weighted by atomic mass is 16.5. The van der Waals surface area contributed by atoms with Gasteiger partial charge in [-0.1, -0.05) is 36.4 Å². The first-order valence-electron chi connectivity index (χ1n) is 9.54. The van der Waals surface area contributed by atoms with E-state index in [1.165, 1.54) is 4.68 Å². The van der Waals surface area contributed by atoms with Crippen molar-refractivity contribution in [1.82, 2.24) is 20.0 Å². The summed E-state index contributed by atoms with van der Waals surface area (Å²) in [5.74, 6) is -0.163. The zero-order valence-electron chi connectivity index (χ0n) is 16.8. The van der Waals surface area contributed by atoms with Gasteiger partial charge in [0.2, 0.25) is 0 Å². The number of hydrogen-bond acceptors (Lipinski definition) is 6. The van der Waals surface area contributed by atoms with Crippen LogP contribution >= 0.6 is 0 Å². The molecule has 4 rings (SSSR count). The van der Waals surface area contributed by atoms with Gasteiger partial charge < -0.3 is 15.8 Å². The molecule has 8 heteroatoms. The summed E-state index contributed by atoms with van der Waals surface area (Å²) in [6.07, 6.45) is 1.70. The first kappa shape index (κ1) is 19.5. The number of hydrogen-bond donors (Lipinski definition) is 2. The largest absolute Gasteiger partial charge is 0.383 e. The summed E-state index contributed by atoms with van der Waals surface area (Å²) < 4.78 is 6.47. The molecule has 0 aliphatic rings. The zero-order valence-corrected chi connectivity index (χ0v) is 16.8. The highest BCUT2D eigenvalue weighted by molar-refractivity contribution is 6.10. The Morgan fingerprint density at radius 1 is 1.17 bits per heavy atom. The Hall–Kier alpha value is -3.78. The van der Waals surface area contributed by atoms with Crippen molar-refractivity contribution in [3.8, 4) is 0 Å². The lowest BCUT2D eigenvalue weighted by molar-refractivity contribution is 0.0939. The third-order valence-electron chi connectivity index (χ3n) is 4.79. The Labute approximate surface area is 173 Å². The molecular weight excluding hydrogens is 380 g/mol. The number of ether oxygens (including phenoxy) is 1. The summed E-state index contributed by atoms with van der Waals surface area (Å²) in [6.45, 7) is 2.75. The van der Waals surface area contributed by atoms with Crippen LogP contribution in [0.25, 0.3) is 22.2 Å². The molecule has 2 aromatic carbocycles.